The molecule has 0 spiro atoms. The van der Waals surface area contributed by atoms with Crippen molar-refractivity contribution in [2.45, 2.75) is 56.9 Å². The van der Waals surface area contributed by atoms with Crippen LogP contribution < -0.4 is 16.0 Å². The second-order valence-corrected chi connectivity index (χ2v) is 7.79. The van der Waals surface area contributed by atoms with Crippen LogP contribution in [0.25, 0.3) is 0 Å². The monoisotopic (exact) mass is 504 g/mol. The SMILES string of the molecule is CCNC(=NCC1(c2cccc(Cl)c2)CC1)NCCCC(=O)NC1CC1.I. The summed E-state index contributed by atoms with van der Waals surface area (Å²) in [6.07, 6.45) is 5.94. The van der Waals surface area contributed by atoms with Crippen molar-refractivity contribution in [1.82, 2.24) is 16.0 Å². The number of benzene rings is 1. The Labute approximate surface area is 184 Å². The topological polar surface area (TPSA) is 65.5 Å². The third-order valence-electron chi connectivity index (χ3n) is 4.99. The molecule has 5 nitrogen and oxygen atoms in total. The normalized spacial score (nSPS) is 17.6. The van der Waals surface area contributed by atoms with Crippen molar-refractivity contribution in [3.05, 3.63) is 34.9 Å². The van der Waals surface area contributed by atoms with Crippen molar-refractivity contribution in [2.75, 3.05) is 19.6 Å². The highest BCUT2D eigenvalue weighted by molar-refractivity contribution is 14.0. The van der Waals surface area contributed by atoms with Gasteiger partial charge in [0.2, 0.25) is 5.91 Å². The van der Waals surface area contributed by atoms with Crippen LogP contribution >= 0.6 is 35.6 Å². The molecule has 0 aromatic heterocycles. The van der Waals surface area contributed by atoms with E-state index in [9.17, 15) is 4.79 Å². The van der Waals surface area contributed by atoms with Gasteiger partial charge in [-0.15, -0.1) is 24.0 Å². The number of nitrogens with one attached hydrogen (secondary N) is 3. The average molecular weight is 505 g/mol. The van der Waals surface area contributed by atoms with Crippen LogP contribution in [0.15, 0.2) is 29.3 Å². The standard InChI is InChI=1S/C20H29ClN4O.HI/c1-2-22-19(23-12-4-7-18(26)25-17-8-9-17)24-14-20(10-11-20)15-5-3-6-16(21)13-15;/h3,5-6,13,17H,2,4,7-12,14H2,1H3,(H,25,26)(H2,22,23,24);1H. The summed E-state index contributed by atoms with van der Waals surface area (Å²) in [4.78, 5) is 16.5. The maximum atomic E-state index is 11.7. The third kappa shape index (κ3) is 7.14. The molecular weight excluding hydrogens is 475 g/mol. The summed E-state index contributed by atoms with van der Waals surface area (Å²) in [5.74, 6) is 0.984. The summed E-state index contributed by atoms with van der Waals surface area (Å²) >= 11 is 6.14. The molecule has 2 saturated carbocycles. The van der Waals surface area contributed by atoms with E-state index in [4.69, 9.17) is 16.6 Å². The molecule has 0 atom stereocenters. The summed E-state index contributed by atoms with van der Waals surface area (Å²) in [6, 6.07) is 8.57. The zero-order valence-electron chi connectivity index (χ0n) is 15.9. The number of aliphatic imine (C=N–C) groups is 1. The smallest absolute Gasteiger partial charge is 0.220 e. The van der Waals surface area contributed by atoms with Crippen LogP contribution in [0, 0.1) is 0 Å². The Morgan fingerprint density at radius 3 is 2.70 bits per heavy atom. The Balaban J connectivity index is 0.00000261. The molecule has 27 heavy (non-hydrogen) atoms. The molecule has 1 amide bonds. The minimum Gasteiger partial charge on any atom is -0.357 e. The molecule has 0 heterocycles. The largest absolute Gasteiger partial charge is 0.357 e. The lowest BCUT2D eigenvalue weighted by Gasteiger charge is -2.16. The molecule has 2 aliphatic rings. The number of halogens is 2. The number of hydrogen-bond donors (Lipinski definition) is 3. The second-order valence-electron chi connectivity index (χ2n) is 7.36. The Morgan fingerprint density at radius 1 is 1.30 bits per heavy atom. The van der Waals surface area contributed by atoms with Gasteiger partial charge >= 0.3 is 0 Å². The van der Waals surface area contributed by atoms with E-state index in [1.54, 1.807) is 0 Å². The highest BCUT2D eigenvalue weighted by atomic mass is 127. The first-order valence-electron chi connectivity index (χ1n) is 9.69. The van der Waals surface area contributed by atoms with E-state index in [2.05, 4.69) is 35.0 Å². The lowest BCUT2D eigenvalue weighted by molar-refractivity contribution is -0.121. The van der Waals surface area contributed by atoms with E-state index in [-0.39, 0.29) is 35.3 Å². The first kappa shape index (κ1) is 22.3. The predicted octanol–water partition coefficient (Wildman–Crippen LogP) is 3.60. The molecule has 0 saturated heterocycles. The number of rotatable bonds is 9. The third-order valence-corrected chi connectivity index (χ3v) is 5.23. The van der Waals surface area contributed by atoms with Gasteiger partial charge in [0.15, 0.2) is 5.96 Å². The van der Waals surface area contributed by atoms with Crippen LogP contribution in [-0.2, 0) is 10.2 Å². The molecule has 0 unspecified atom stereocenters. The molecular formula is C20H30ClIN4O. The quantitative estimate of drug-likeness (QED) is 0.208. The summed E-state index contributed by atoms with van der Waals surface area (Å²) < 4.78 is 0. The minimum absolute atomic E-state index is 0. The van der Waals surface area contributed by atoms with Crippen LogP contribution in [-0.4, -0.2) is 37.5 Å². The molecule has 1 aromatic carbocycles. The van der Waals surface area contributed by atoms with Gasteiger partial charge in [-0.05, 0) is 56.7 Å². The van der Waals surface area contributed by atoms with E-state index < -0.39 is 0 Å². The first-order chi connectivity index (χ1) is 12.6. The van der Waals surface area contributed by atoms with Crippen LogP contribution in [0.2, 0.25) is 5.02 Å². The number of carbonyl (C=O) groups is 1. The van der Waals surface area contributed by atoms with Crippen molar-refractivity contribution >= 4 is 47.4 Å². The molecule has 3 N–H and O–H groups in total. The second kappa shape index (κ2) is 10.5. The highest BCUT2D eigenvalue weighted by Gasteiger charge is 2.44. The van der Waals surface area contributed by atoms with Gasteiger partial charge in [0, 0.05) is 36.0 Å². The average Bonchev–Trinajstić information content (AvgIpc) is 3.52. The lowest BCUT2D eigenvalue weighted by atomic mass is 9.96. The van der Waals surface area contributed by atoms with Crippen molar-refractivity contribution in [3.8, 4) is 0 Å². The van der Waals surface area contributed by atoms with Gasteiger partial charge in [-0.2, -0.15) is 0 Å². The first-order valence-corrected chi connectivity index (χ1v) is 10.1. The Bertz CT molecular complexity index is 659. The maximum Gasteiger partial charge on any atom is 0.220 e. The molecule has 2 aliphatic carbocycles. The number of amides is 1. The number of hydrogen-bond acceptors (Lipinski definition) is 2. The van der Waals surface area contributed by atoms with Gasteiger partial charge in [0.1, 0.15) is 0 Å². The lowest BCUT2D eigenvalue weighted by Crippen LogP contribution is -2.38. The van der Waals surface area contributed by atoms with Crippen LogP contribution in [0.3, 0.4) is 0 Å². The molecule has 1 aromatic rings. The van der Waals surface area contributed by atoms with Gasteiger partial charge in [0.05, 0.1) is 6.54 Å². The van der Waals surface area contributed by atoms with Crippen molar-refractivity contribution in [3.63, 3.8) is 0 Å². The van der Waals surface area contributed by atoms with E-state index in [1.165, 1.54) is 5.56 Å². The summed E-state index contributed by atoms with van der Waals surface area (Å²) in [5.41, 5.74) is 1.42. The van der Waals surface area contributed by atoms with Gasteiger partial charge in [-0.3, -0.25) is 9.79 Å². The molecule has 0 radical (unpaired) electrons. The number of guanidine groups is 1. The Kier molecular flexibility index (Phi) is 8.66. The van der Waals surface area contributed by atoms with Crippen molar-refractivity contribution in [2.24, 2.45) is 4.99 Å². The number of carbonyl (C=O) groups excluding carboxylic acids is 1. The number of nitrogens with zero attached hydrogens (tertiary/aromatic N) is 1. The zero-order valence-corrected chi connectivity index (χ0v) is 19.0. The summed E-state index contributed by atoms with van der Waals surface area (Å²) in [6.45, 7) is 4.38. The minimum atomic E-state index is 0. The van der Waals surface area contributed by atoms with Crippen molar-refractivity contribution < 1.29 is 4.79 Å². The Morgan fingerprint density at radius 2 is 2.07 bits per heavy atom. The molecule has 0 bridgehead atoms. The fourth-order valence-electron chi connectivity index (χ4n) is 3.06. The molecule has 7 heteroatoms. The van der Waals surface area contributed by atoms with E-state index in [0.717, 1.165) is 62.7 Å². The molecule has 150 valence electrons. The van der Waals surface area contributed by atoms with E-state index in [1.807, 2.05) is 12.1 Å². The molecule has 2 fully saturated rings. The molecule has 3 rings (SSSR count). The fourth-order valence-corrected chi connectivity index (χ4v) is 3.25. The van der Waals surface area contributed by atoms with Gasteiger partial charge in [-0.25, -0.2) is 0 Å². The maximum absolute atomic E-state index is 11.7. The summed E-state index contributed by atoms with van der Waals surface area (Å²) in [7, 11) is 0. The van der Waals surface area contributed by atoms with Crippen LogP contribution in [0.4, 0.5) is 0 Å². The van der Waals surface area contributed by atoms with E-state index in [0.29, 0.717) is 12.5 Å². The van der Waals surface area contributed by atoms with Gasteiger partial charge in [0.25, 0.3) is 0 Å². The van der Waals surface area contributed by atoms with Gasteiger partial charge in [-0.1, -0.05) is 23.7 Å². The van der Waals surface area contributed by atoms with Crippen molar-refractivity contribution in [1.29, 1.82) is 0 Å². The Hall–Kier alpha value is -1.02. The van der Waals surface area contributed by atoms with E-state index >= 15 is 0 Å². The van der Waals surface area contributed by atoms with Crippen LogP contribution in [0.1, 0.15) is 51.0 Å². The predicted molar refractivity (Wildman–Crippen MR) is 122 cm³/mol. The zero-order chi connectivity index (χ0) is 18.4. The fraction of sp³-hybridized carbons (Fsp3) is 0.600. The highest BCUT2D eigenvalue weighted by Crippen LogP contribution is 2.48. The van der Waals surface area contributed by atoms with Gasteiger partial charge < -0.3 is 16.0 Å². The van der Waals surface area contributed by atoms with Crippen LogP contribution in [0.5, 0.6) is 0 Å². The molecule has 0 aliphatic heterocycles. The summed E-state index contributed by atoms with van der Waals surface area (Å²) in [5, 5.41) is 10.4.